The van der Waals surface area contributed by atoms with E-state index >= 15 is 0 Å². The van der Waals surface area contributed by atoms with Crippen molar-refractivity contribution in [3.63, 3.8) is 0 Å². The summed E-state index contributed by atoms with van der Waals surface area (Å²) in [6, 6.07) is 0.677. The molecular weight excluding hydrogens is 166 g/mol. The lowest BCUT2D eigenvalue weighted by atomic mass is 10.1. The lowest BCUT2D eigenvalue weighted by Gasteiger charge is -2.40. The zero-order valence-electron chi connectivity index (χ0n) is 8.58. The monoisotopic (exact) mass is 185 g/mol. The molecule has 4 heteroatoms. The van der Waals surface area contributed by atoms with Crippen molar-refractivity contribution >= 4 is 5.91 Å². The highest BCUT2D eigenvalue weighted by Crippen LogP contribution is 2.10. The summed E-state index contributed by atoms with van der Waals surface area (Å²) in [6.45, 7) is 7.92. The van der Waals surface area contributed by atoms with Gasteiger partial charge in [0.2, 0.25) is 5.91 Å². The fourth-order valence-electron chi connectivity index (χ4n) is 1.75. The summed E-state index contributed by atoms with van der Waals surface area (Å²) in [4.78, 5) is 13.2. The molecule has 4 nitrogen and oxygen atoms in total. The van der Waals surface area contributed by atoms with Crippen molar-refractivity contribution in [3.05, 3.63) is 0 Å². The van der Waals surface area contributed by atoms with E-state index in [2.05, 4.69) is 24.1 Å². The second kappa shape index (κ2) is 4.07. The van der Waals surface area contributed by atoms with Crippen LogP contribution in [0.15, 0.2) is 0 Å². The first-order chi connectivity index (χ1) is 6.02. The van der Waals surface area contributed by atoms with Crippen LogP contribution in [0.3, 0.4) is 0 Å². The zero-order chi connectivity index (χ0) is 10.0. The molecule has 76 valence electrons. The molecule has 1 aliphatic heterocycles. The second-order valence-corrected chi connectivity index (χ2v) is 3.93. The maximum atomic E-state index is 11.0. The Kier molecular flexibility index (Phi) is 3.27. The Morgan fingerprint density at radius 2 is 2.23 bits per heavy atom. The van der Waals surface area contributed by atoms with E-state index in [0.717, 1.165) is 13.1 Å². The van der Waals surface area contributed by atoms with Crippen molar-refractivity contribution in [1.82, 2.24) is 10.2 Å². The van der Waals surface area contributed by atoms with E-state index in [-0.39, 0.29) is 11.9 Å². The Balaban J connectivity index is 2.60. The smallest absolute Gasteiger partial charge is 0.234 e. The molecule has 0 radical (unpaired) electrons. The van der Waals surface area contributed by atoms with Crippen LogP contribution >= 0.6 is 0 Å². The van der Waals surface area contributed by atoms with Gasteiger partial charge in [0.15, 0.2) is 0 Å². The van der Waals surface area contributed by atoms with Crippen molar-refractivity contribution in [1.29, 1.82) is 0 Å². The predicted molar refractivity (Wildman–Crippen MR) is 52.3 cm³/mol. The molecule has 0 aromatic carbocycles. The SMILES string of the molecule is CC1CN(C(C)C(N)=O)C(C)CN1. The van der Waals surface area contributed by atoms with Crippen LogP contribution < -0.4 is 11.1 Å². The van der Waals surface area contributed by atoms with E-state index in [1.165, 1.54) is 0 Å². The molecule has 1 fully saturated rings. The number of hydrogen-bond donors (Lipinski definition) is 2. The lowest BCUT2D eigenvalue weighted by molar-refractivity contribution is -0.124. The quantitative estimate of drug-likeness (QED) is 0.612. The average Bonchev–Trinajstić information content (AvgIpc) is 2.08. The normalized spacial score (nSPS) is 32.8. The number of nitrogens with two attached hydrogens (primary N) is 1. The molecule has 3 unspecified atom stereocenters. The molecule has 0 aromatic rings. The molecule has 3 N–H and O–H groups in total. The summed E-state index contributed by atoms with van der Waals surface area (Å²) >= 11 is 0. The number of amides is 1. The van der Waals surface area contributed by atoms with Gasteiger partial charge in [-0.15, -0.1) is 0 Å². The third kappa shape index (κ3) is 2.42. The van der Waals surface area contributed by atoms with Crippen LogP contribution in [0, 0.1) is 0 Å². The van der Waals surface area contributed by atoms with Gasteiger partial charge in [-0.3, -0.25) is 9.69 Å². The molecule has 1 amide bonds. The van der Waals surface area contributed by atoms with Crippen LogP contribution in [-0.4, -0.2) is 42.0 Å². The van der Waals surface area contributed by atoms with Crippen molar-refractivity contribution in [2.75, 3.05) is 13.1 Å². The molecule has 13 heavy (non-hydrogen) atoms. The number of hydrogen-bond acceptors (Lipinski definition) is 3. The number of nitrogens with zero attached hydrogens (tertiary/aromatic N) is 1. The molecule has 1 aliphatic rings. The molecule has 1 saturated heterocycles. The number of nitrogens with one attached hydrogen (secondary N) is 1. The molecule has 1 heterocycles. The van der Waals surface area contributed by atoms with E-state index in [1.807, 2.05) is 6.92 Å². The van der Waals surface area contributed by atoms with Crippen LogP contribution in [-0.2, 0) is 4.79 Å². The fourth-order valence-corrected chi connectivity index (χ4v) is 1.75. The number of piperazine rings is 1. The van der Waals surface area contributed by atoms with E-state index in [1.54, 1.807) is 0 Å². The largest absolute Gasteiger partial charge is 0.368 e. The number of carbonyl (C=O) groups excluding carboxylic acids is 1. The van der Waals surface area contributed by atoms with E-state index in [4.69, 9.17) is 5.73 Å². The van der Waals surface area contributed by atoms with Crippen LogP contribution in [0.4, 0.5) is 0 Å². The van der Waals surface area contributed by atoms with Crippen molar-refractivity contribution in [2.24, 2.45) is 5.73 Å². The highest BCUT2D eigenvalue weighted by atomic mass is 16.1. The molecule has 0 aliphatic carbocycles. The van der Waals surface area contributed by atoms with Gasteiger partial charge >= 0.3 is 0 Å². The van der Waals surface area contributed by atoms with Gasteiger partial charge in [-0.05, 0) is 20.8 Å². The minimum Gasteiger partial charge on any atom is -0.368 e. The summed E-state index contributed by atoms with van der Waals surface area (Å²) < 4.78 is 0. The number of rotatable bonds is 2. The van der Waals surface area contributed by atoms with Gasteiger partial charge in [-0.25, -0.2) is 0 Å². The highest BCUT2D eigenvalue weighted by Gasteiger charge is 2.28. The Morgan fingerprint density at radius 3 is 2.77 bits per heavy atom. The van der Waals surface area contributed by atoms with Crippen LogP contribution in [0.5, 0.6) is 0 Å². The fraction of sp³-hybridized carbons (Fsp3) is 0.889. The molecule has 0 aromatic heterocycles. The van der Waals surface area contributed by atoms with Crippen LogP contribution in [0.2, 0.25) is 0 Å². The van der Waals surface area contributed by atoms with Gasteiger partial charge < -0.3 is 11.1 Å². The van der Waals surface area contributed by atoms with Crippen molar-refractivity contribution in [2.45, 2.75) is 38.9 Å². The standard InChI is InChI=1S/C9H19N3O/c1-6-5-12(7(2)4-11-6)8(3)9(10)13/h6-8,11H,4-5H2,1-3H3,(H2,10,13). The maximum Gasteiger partial charge on any atom is 0.234 e. The lowest BCUT2D eigenvalue weighted by Crippen LogP contribution is -2.59. The summed E-state index contributed by atoms with van der Waals surface area (Å²) in [7, 11) is 0. The summed E-state index contributed by atoms with van der Waals surface area (Å²) in [5.41, 5.74) is 5.27. The Labute approximate surface area is 79.5 Å². The summed E-state index contributed by atoms with van der Waals surface area (Å²) in [6.07, 6.45) is 0. The molecular formula is C9H19N3O. The van der Waals surface area contributed by atoms with E-state index in [0.29, 0.717) is 12.1 Å². The number of primary amides is 1. The first-order valence-electron chi connectivity index (χ1n) is 4.80. The zero-order valence-corrected chi connectivity index (χ0v) is 8.58. The first kappa shape index (κ1) is 10.5. The molecule has 0 bridgehead atoms. The third-order valence-electron chi connectivity index (χ3n) is 2.72. The van der Waals surface area contributed by atoms with Crippen molar-refractivity contribution in [3.8, 4) is 0 Å². The second-order valence-electron chi connectivity index (χ2n) is 3.93. The minimum absolute atomic E-state index is 0.153. The molecule has 3 atom stereocenters. The maximum absolute atomic E-state index is 11.0. The van der Waals surface area contributed by atoms with Crippen LogP contribution in [0.1, 0.15) is 20.8 Å². The average molecular weight is 185 g/mol. The van der Waals surface area contributed by atoms with E-state index < -0.39 is 0 Å². The van der Waals surface area contributed by atoms with Crippen molar-refractivity contribution < 1.29 is 4.79 Å². The van der Waals surface area contributed by atoms with Crippen LogP contribution in [0.25, 0.3) is 0 Å². The summed E-state index contributed by atoms with van der Waals surface area (Å²) in [5.74, 6) is -0.235. The number of carbonyl (C=O) groups is 1. The van der Waals surface area contributed by atoms with Gasteiger partial charge in [0.05, 0.1) is 6.04 Å². The topological polar surface area (TPSA) is 58.4 Å². The van der Waals surface area contributed by atoms with Gasteiger partial charge in [0, 0.05) is 25.2 Å². The third-order valence-corrected chi connectivity index (χ3v) is 2.72. The van der Waals surface area contributed by atoms with Gasteiger partial charge in [0.1, 0.15) is 0 Å². The van der Waals surface area contributed by atoms with E-state index in [9.17, 15) is 4.79 Å². The first-order valence-corrected chi connectivity index (χ1v) is 4.80. The Bertz CT molecular complexity index is 195. The highest BCUT2D eigenvalue weighted by molar-refractivity contribution is 5.79. The molecule has 1 rings (SSSR count). The summed E-state index contributed by atoms with van der Waals surface area (Å²) in [5, 5.41) is 3.36. The minimum atomic E-state index is -0.235. The molecule has 0 saturated carbocycles. The van der Waals surface area contributed by atoms with Gasteiger partial charge in [-0.1, -0.05) is 0 Å². The van der Waals surface area contributed by atoms with Gasteiger partial charge in [-0.2, -0.15) is 0 Å². The predicted octanol–water partition coefficient (Wildman–Crippen LogP) is -0.458. The van der Waals surface area contributed by atoms with Gasteiger partial charge in [0.25, 0.3) is 0 Å². The Morgan fingerprint density at radius 1 is 1.62 bits per heavy atom. The molecule has 0 spiro atoms. The Hall–Kier alpha value is -0.610.